The highest BCUT2D eigenvalue weighted by Gasteiger charge is 2.11. The zero-order valence-corrected chi connectivity index (χ0v) is 10.5. The maximum atomic E-state index is 8.67. The van der Waals surface area contributed by atoms with Gasteiger partial charge in [-0.2, -0.15) is 9.78 Å². The summed E-state index contributed by atoms with van der Waals surface area (Å²) in [4.78, 5) is 8.95. The molecular weight excluding hydrogens is 246 g/mol. The van der Waals surface area contributed by atoms with Gasteiger partial charge in [0.05, 0.1) is 17.3 Å². The smallest absolute Gasteiger partial charge is 0.192 e. The monoisotopic (exact) mass is 255 g/mol. The standard InChI is InChI=1S/C12H9N5S/c1-8-14-11-9-4-2-3-5-10(9)15-12(17(11)16-8)18-7-6-13/h2-5H,7H2,1H3. The molecule has 0 fully saturated rings. The van der Waals surface area contributed by atoms with Gasteiger partial charge in [-0.1, -0.05) is 23.9 Å². The Balaban J connectivity index is 2.35. The van der Waals surface area contributed by atoms with Gasteiger partial charge in [0.1, 0.15) is 5.82 Å². The molecule has 2 heterocycles. The molecule has 1 aromatic carbocycles. The van der Waals surface area contributed by atoms with E-state index in [1.165, 1.54) is 11.8 Å². The Morgan fingerprint density at radius 2 is 2.17 bits per heavy atom. The minimum atomic E-state index is 0.347. The highest BCUT2D eigenvalue weighted by molar-refractivity contribution is 7.99. The van der Waals surface area contributed by atoms with Gasteiger partial charge in [-0.05, 0) is 19.1 Å². The summed E-state index contributed by atoms with van der Waals surface area (Å²) in [6, 6.07) is 9.91. The Morgan fingerprint density at radius 1 is 1.33 bits per heavy atom. The minimum absolute atomic E-state index is 0.347. The van der Waals surface area contributed by atoms with Crippen LogP contribution in [0.1, 0.15) is 5.82 Å². The molecule has 6 heteroatoms. The number of aromatic nitrogens is 4. The molecule has 18 heavy (non-hydrogen) atoms. The highest BCUT2D eigenvalue weighted by atomic mass is 32.2. The molecule has 0 unspecified atom stereocenters. The molecule has 0 aliphatic carbocycles. The number of aryl methyl sites for hydroxylation is 1. The van der Waals surface area contributed by atoms with E-state index in [1.54, 1.807) is 4.52 Å². The van der Waals surface area contributed by atoms with Crippen molar-refractivity contribution in [3.63, 3.8) is 0 Å². The first kappa shape index (κ1) is 11.0. The number of benzene rings is 1. The van der Waals surface area contributed by atoms with Crippen molar-refractivity contribution in [2.75, 3.05) is 5.75 Å². The Morgan fingerprint density at radius 3 is 3.00 bits per heavy atom. The molecular formula is C12H9N5S. The number of nitrogens with zero attached hydrogens (tertiary/aromatic N) is 5. The van der Waals surface area contributed by atoms with E-state index in [9.17, 15) is 0 Å². The Kier molecular flexibility index (Phi) is 2.61. The lowest BCUT2D eigenvalue weighted by molar-refractivity contribution is 0.798. The molecule has 0 N–H and O–H groups in total. The van der Waals surface area contributed by atoms with E-state index in [2.05, 4.69) is 21.1 Å². The lowest BCUT2D eigenvalue weighted by atomic mass is 10.2. The maximum absolute atomic E-state index is 8.67. The molecule has 88 valence electrons. The second-order valence-electron chi connectivity index (χ2n) is 3.75. The van der Waals surface area contributed by atoms with Crippen molar-refractivity contribution in [2.45, 2.75) is 12.1 Å². The van der Waals surface area contributed by atoms with Crippen LogP contribution >= 0.6 is 11.8 Å². The molecule has 0 bridgehead atoms. The third-order valence-electron chi connectivity index (χ3n) is 2.52. The van der Waals surface area contributed by atoms with Crippen LogP contribution in [0.3, 0.4) is 0 Å². The van der Waals surface area contributed by atoms with Crippen molar-refractivity contribution in [1.29, 1.82) is 5.26 Å². The first-order valence-electron chi connectivity index (χ1n) is 5.41. The Labute approximate surface area is 107 Å². The second-order valence-corrected chi connectivity index (χ2v) is 4.70. The predicted molar refractivity (Wildman–Crippen MR) is 69.4 cm³/mol. The number of thioether (sulfide) groups is 1. The van der Waals surface area contributed by atoms with Crippen molar-refractivity contribution in [2.24, 2.45) is 0 Å². The topological polar surface area (TPSA) is 66.9 Å². The maximum Gasteiger partial charge on any atom is 0.192 e. The summed E-state index contributed by atoms with van der Waals surface area (Å²) in [5.41, 5.74) is 1.66. The van der Waals surface area contributed by atoms with Crippen molar-refractivity contribution in [3.05, 3.63) is 30.1 Å². The third-order valence-corrected chi connectivity index (χ3v) is 3.32. The number of para-hydroxylation sites is 1. The van der Waals surface area contributed by atoms with Crippen molar-refractivity contribution >= 4 is 28.3 Å². The fourth-order valence-corrected chi connectivity index (χ4v) is 2.43. The quantitative estimate of drug-likeness (QED) is 0.518. The zero-order valence-electron chi connectivity index (χ0n) is 9.66. The molecule has 0 saturated heterocycles. The van der Waals surface area contributed by atoms with E-state index < -0.39 is 0 Å². The van der Waals surface area contributed by atoms with Crippen molar-refractivity contribution in [3.8, 4) is 6.07 Å². The lowest BCUT2D eigenvalue weighted by Crippen LogP contribution is -1.98. The Bertz CT molecular complexity index is 771. The molecule has 0 amide bonds. The van der Waals surface area contributed by atoms with E-state index in [1.807, 2.05) is 31.2 Å². The fourth-order valence-electron chi connectivity index (χ4n) is 1.82. The van der Waals surface area contributed by atoms with Crippen LogP contribution in [0.4, 0.5) is 0 Å². The molecule has 0 atom stereocenters. The molecule has 0 aliphatic heterocycles. The summed E-state index contributed by atoms with van der Waals surface area (Å²) < 4.78 is 1.71. The van der Waals surface area contributed by atoms with Crippen LogP contribution in [-0.2, 0) is 0 Å². The normalized spacial score (nSPS) is 10.9. The van der Waals surface area contributed by atoms with Crippen LogP contribution < -0.4 is 0 Å². The van der Waals surface area contributed by atoms with Gasteiger partial charge in [0, 0.05) is 5.39 Å². The summed E-state index contributed by atoms with van der Waals surface area (Å²) >= 11 is 1.37. The summed E-state index contributed by atoms with van der Waals surface area (Å²) in [6.45, 7) is 1.85. The van der Waals surface area contributed by atoms with Gasteiger partial charge < -0.3 is 0 Å². The van der Waals surface area contributed by atoms with E-state index >= 15 is 0 Å². The number of rotatable bonds is 2. The second kappa shape index (κ2) is 4.27. The molecule has 3 aromatic rings. The molecule has 0 spiro atoms. The number of hydrogen-bond acceptors (Lipinski definition) is 5. The van der Waals surface area contributed by atoms with Gasteiger partial charge in [-0.15, -0.1) is 5.10 Å². The molecule has 0 radical (unpaired) electrons. The average Bonchev–Trinajstić information content (AvgIpc) is 2.78. The summed E-state index contributed by atoms with van der Waals surface area (Å²) in [5, 5.41) is 14.7. The largest absolute Gasteiger partial charge is 0.222 e. The third kappa shape index (κ3) is 1.69. The van der Waals surface area contributed by atoms with Gasteiger partial charge in [-0.3, -0.25) is 0 Å². The molecule has 5 nitrogen and oxygen atoms in total. The fraction of sp³-hybridized carbons (Fsp3) is 0.167. The predicted octanol–water partition coefficient (Wildman–Crippen LogP) is 2.20. The van der Waals surface area contributed by atoms with E-state index in [0.717, 1.165) is 16.6 Å². The number of nitriles is 1. The Hall–Kier alpha value is -2.13. The van der Waals surface area contributed by atoms with Gasteiger partial charge >= 0.3 is 0 Å². The highest BCUT2D eigenvalue weighted by Crippen LogP contribution is 2.23. The van der Waals surface area contributed by atoms with Crippen LogP contribution in [0.2, 0.25) is 0 Å². The van der Waals surface area contributed by atoms with Crippen molar-refractivity contribution in [1.82, 2.24) is 19.6 Å². The minimum Gasteiger partial charge on any atom is -0.222 e. The first-order valence-corrected chi connectivity index (χ1v) is 6.40. The van der Waals surface area contributed by atoms with E-state index in [-0.39, 0.29) is 0 Å². The van der Waals surface area contributed by atoms with Crippen LogP contribution in [0, 0.1) is 18.3 Å². The van der Waals surface area contributed by atoms with Crippen LogP contribution in [-0.4, -0.2) is 25.3 Å². The van der Waals surface area contributed by atoms with Crippen LogP contribution in [0.5, 0.6) is 0 Å². The molecule has 0 aliphatic rings. The zero-order chi connectivity index (χ0) is 12.5. The van der Waals surface area contributed by atoms with Crippen LogP contribution in [0.15, 0.2) is 29.4 Å². The number of hydrogen-bond donors (Lipinski definition) is 0. The van der Waals surface area contributed by atoms with Gasteiger partial charge in [0.25, 0.3) is 0 Å². The summed E-state index contributed by atoms with van der Waals surface area (Å²) in [7, 11) is 0. The first-order chi connectivity index (χ1) is 8.79. The molecule has 2 aromatic heterocycles. The lowest BCUT2D eigenvalue weighted by Gasteiger charge is -2.03. The SMILES string of the molecule is Cc1nc2c3ccccc3nc(SCC#N)n2n1. The van der Waals surface area contributed by atoms with E-state index in [0.29, 0.717) is 16.7 Å². The van der Waals surface area contributed by atoms with Gasteiger partial charge in [-0.25, -0.2) is 9.97 Å². The van der Waals surface area contributed by atoms with Gasteiger partial charge in [0.15, 0.2) is 10.8 Å². The molecule has 3 rings (SSSR count). The van der Waals surface area contributed by atoms with Crippen LogP contribution in [0.25, 0.3) is 16.6 Å². The van der Waals surface area contributed by atoms with E-state index in [4.69, 9.17) is 5.26 Å². The van der Waals surface area contributed by atoms with Crippen molar-refractivity contribution < 1.29 is 0 Å². The summed E-state index contributed by atoms with van der Waals surface area (Å²) in [5.74, 6) is 1.05. The summed E-state index contributed by atoms with van der Waals surface area (Å²) in [6.07, 6.45) is 0. The average molecular weight is 255 g/mol. The number of fused-ring (bicyclic) bond motifs is 3. The molecule has 0 saturated carbocycles. The van der Waals surface area contributed by atoms with Gasteiger partial charge in [0.2, 0.25) is 0 Å².